The molecular weight excluding hydrogens is 402 g/mol. The first-order chi connectivity index (χ1) is 15.0. The minimum Gasteiger partial charge on any atom is -0.480 e. The van der Waals surface area contributed by atoms with Gasteiger partial charge < -0.3 is 25.0 Å². The van der Waals surface area contributed by atoms with E-state index < -0.39 is 30.0 Å². The van der Waals surface area contributed by atoms with Crippen molar-refractivity contribution in [3.63, 3.8) is 0 Å². The van der Waals surface area contributed by atoms with Crippen molar-refractivity contribution in [2.75, 3.05) is 6.61 Å². The highest BCUT2D eigenvalue weighted by atomic mass is 16.5. The fraction of sp³-hybridized carbons (Fsp3) is 0.348. The molecule has 8 heteroatoms. The lowest BCUT2D eigenvalue weighted by atomic mass is 10.1. The van der Waals surface area contributed by atoms with E-state index >= 15 is 0 Å². The zero-order valence-electron chi connectivity index (χ0n) is 17.1. The van der Waals surface area contributed by atoms with Crippen molar-refractivity contribution in [2.24, 2.45) is 0 Å². The number of aliphatic hydroxyl groups excluding tert-OH is 1. The van der Waals surface area contributed by atoms with Crippen LogP contribution in [-0.2, 0) is 37.1 Å². The largest absolute Gasteiger partial charge is 0.480 e. The minimum atomic E-state index is -1.51. The Kier molecular flexibility index (Phi) is 10.2. The van der Waals surface area contributed by atoms with Crippen LogP contribution in [0.15, 0.2) is 60.7 Å². The van der Waals surface area contributed by atoms with Gasteiger partial charge in [0, 0.05) is 12.8 Å². The van der Waals surface area contributed by atoms with Crippen LogP contribution in [-0.4, -0.2) is 46.8 Å². The van der Waals surface area contributed by atoms with E-state index in [1.165, 1.54) is 0 Å². The van der Waals surface area contributed by atoms with Gasteiger partial charge in [-0.2, -0.15) is 0 Å². The Morgan fingerprint density at radius 3 is 2.03 bits per heavy atom. The Bertz CT molecular complexity index is 826. The van der Waals surface area contributed by atoms with Crippen molar-refractivity contribution in [1.29, 1.82) is 0 Å². The van der Waals surface area contributed by atoms with Crippen molar-refractivity contribution in [2.45, 2.75) is 44.6 Å². The Balaban J connectivity index is 1.67. The first kappa shape index (κ1) is 24.0. The highest BCUT2D eigenvalue weighted by Gasteiger charge is 2.28. The second-order valence-electron chi connectivity index (χ2n) is 6.95. The number of carboxylic acids is 1. The number of carboxylic acid groups (broad SMARTS) is 1. The number of carbonyl (C=O) groups excluding carboxylic acids is 2. The molecular formula is C23H27NO7. The third-order valence-electron chi connectivity index (χ3n) is 4.39. The van der Waals surface area contributed by atoms with Gasteiger partial charge in [-0.1, -0.05) is 60.7 Å². The molecule has 0 bridgehead atoms. The van der Waals surface area contributed by atoms with Crippen molar-refractivity contribution >= 4 is 17.8 Å². The predicted octanol–water partition coefficient (Wildman–Crippen LogP) is 2.05. The first-order valence-corrected chi connectivity index (χ1v) is 9.97. The summed E-state index contributed by atoms with van der Waals surface area (Å²) >= 11 is 0. The molecule has 2 rings (SSSR count). The number of aliphatic carboxylic acids is 1. The number of carbonyl (C=O) groups is 3. The molecule has 2 unspecified atom stereocenters. The van der Waals surface area contributed by atoms with Crippen molar-refractivity contribution in [3.05, 3.63) is 71.8 Å². The molecule has 8 nitrogen and oxygen atoms in total. The van der Waals surface area contributed by atoms with Crippen LogP contribution < -0.4 is 5.32 Å². The minimum absolute atomic E-state index is 0.0285. The number of amides is 1. The molecule has 3 N–H and O–H groups in total. The second kappa shape index (κ2) is 13.1. The number of aliphatic hydroxyl groups is 1. The molecule has 1 amide bonds. The fourth-order valence-corrected chi connectivity index (χ4v) is 2.74. The molecule has 0 aliphatic rings. The summed E-state index contributed by atoms with van der Waals surface area (Å²) < 4.78 is 10.5. The molecule has 0 aromatic heterocycles. The summed E-state index contributed by atoms with van der Waals surface area (Å²) in [4.78, 5) is 35.2. The Morgan fingerprint density at radius 2 is 1.45 bits per heavy atom. The standard InChI is InChI=1S/C23H27NO7/c25-19(16-30-14-17-8-3-1-4-9-17)22(23(28)29)24-20(26)12-7-13-21(27)31-15-18-10-5-2-6-11-18/h1-6,8-11,19,22,25H,7,12-16H2,(H,24,26)(H,28,29). The maximum Gasteiger partial charge on any atom is 0.329 e. The van der Waals surface area contributed by atoms with E-state index in [-0.39, 0.29) is 39.1 Å². The molecule has 2 aromatic carbocycles. The summed E-state index contributed by atoms with van der Waals surface area (Å²) in [6, 6.07) is 16.9. The average molecular weight is 429 g/mol. The number of hydrogen-bond donors (Lipinski definition) is 3. The first-order valence-electron chi connectivity index (χ1n) is 9.97. The van der Waals surface area contributed by atoms with Crippen LogP contribution in [0.3, 0.4) is 0 Å². The van der Waals surface area contributed by atoms with Crippen LogP contribution >= 0.6 is 0 Å². The van der Waals surface area contributed by atoms with Crippen LogP contribution in [0.1, 0.15) is 30.4 Å². The summed E-state index contributed by atoms with van der Waals surface area (Å²) in [6.45, 7) is 0.114. The lowest BCUT2D eigenvalue weighted by molar-refractivity contribution is -0.147. The van der Waals surface area contributed by atoms with Crippen LogP contribution in [0.2, 0.25) is 0 Å². The third kappa shape index (κ3) is 9.41. The van der Waals surface area contributed by atoms with E-state index in [0.717, 1.165) is 11.1 Å². The third-order valence-corrected chi connectivity index (χ3v) is 4.39. The highest BCUT2D eigenvalue weighted by molar-refractivity contribution is 5.84. The van der Waals surface area contributed by atoms with Crippen LogP contribution in [0.25, 0.3) is 0 Å². The summed E-state index contributed by atoms with van der Waals surface area (Å²) in [5, 5.41) is 21.7. The van der Waals surface area contributed by atoms with Gasteiger partial charge in [0.1, 0.15) is 12.7 Å². The molecule has 0 aliphatic heterocycles. The zero-order valence-corrected chi connectivity index (χ0v) is 17.1. The fourth-order valence-electron chi connectivity index (χ4n) is 2.74. The molecule has 166 valence electrons. The van der Waals surface area contributed by atoms with Crippen molar-refractivity contribution in [1.82, 2.24) is 5.32 Å². The number of hydrogen-bond acceptors (Lipinski definition) is 6. The van der Waals surface area contributed by atoms with Crippen LogP contribution in [0.5, 0.6) is 0 Å². The van der Waals surface area contributed by atoms with E-state index in [0.29, 0.717) is 0 Å². The summed E-state index contributed by atoms with van der Waals surface area (Å²) in [5.41, 5.74) is 1.74. The molecule has 0 saturated heterocycles. The SMILES string of the molecule is O=C(CCCC(=O)OCc1ccccc1)NC(C(=O)O)C(O)COCc1ccccc1. The van der Waals surface area contributed by atoms with Crippen molar-refractivity contribution < 1.29 is 34.1 Å². The second-order valence-corrected chi connectivity index (χ2v) is 6.95. The number of nitrogens with one attached hydrogen (secondary N) is 1. The molecule has 0 fully saturated rings. The molecule has 2 aromatic rings. The molecule has 0 heterocycles. The molecule has 0 radical (unpaired) electrons. The highest BCUT2D eigenvalue weighted by Crippen LogP contribution is 2.06. The Morgan fingerprint density at radius 1 is 0.871 bits per heavy atom. The summed E-state index contributed by atoms with van der Waals surface area (Å²) in [7, 11) is 0. The van der Waals surface area contributed by atoms with E-state index in [9.17, 15) is 24.6 Å². The van der Waals surface area contributed by atoms with Gasteiger partial charge in [0.15, 0.2) is 6.04 Å². The normalized spacial score (nSPS) is 12.5. The quantitative estimate of drug-likeness (QED) is 0.417. The molecule has 0 spiro atoms. The average Bonchev–Trinajstić information content (AvgIpc) is 2.77. The Hall–Kier alpha value is -3.23. The molecule has 0 saturated carbocycles. The van der Waals surface area contributed by atoms with Gasteiger partial charge in [-0.15, -0.1) is 0 Å². The zero-order chi connectivity index (χ0) is 22.5. The van der Waals surface area contributed by atoms with E-state index in [1.807, 2.05) is 60.7 Å². The van der Waals surface area contributed by atoms with Gasteiger partial charge in [0.2, 0.25) is 5.91 Å². The van der Waals surface area contributed by atoms with Gasteiger partial charge in [-0.05, 0) is 17.5 Å². The molecule has 2 atom stereocenters. The monoisotopic (exact) mass is 429 g/mol. The number of benzene rings is 2. The predicted molar refractivity (Wildman–Crippen MR) is 112 cm³/mol. The number of rotatable bonds is 13. The van der Waals surface area contributed by atoms with Gasteiger partial charge in [-0.25, -0.2) is 4.79 Å². The van der Waals surface area contributed by atoms with E-state index in [1.54, 1.807) is 0 Å². The van der Waals surface area contributed by atoms with Crippen LogP contribution in [0, 0.1) is 0 Å². The summed E-state index contributed by atoms with van der Waals surface area (Å²) in [6.07, 6.45) is -1.25. The topological polar surface area (TPSA) is 122 Å². The summed E-state index contributed by atoms with van der Waals surface area (Å²) in [5.74, 6) is -2.39. The van der Waals surface area contributed by atoms with Gasteiger partial charge in [-0.3, -0.25) is 9.59 Å². The van der Waals surface area contributed by atoms with Gasteiger partial charge >= 0.3 is 11.9 Å². The maximum absolute atomic E-state index is 12.0. The number of ether oxygens (including phenoxy) is 2. The van der Waals surface area contributed by atoms with Crippen molar-refractivity contribution in [3.8, 4) is 0 Å². The van der Waals surface area contributed by atoms with Gasteiger partial charge in [0.25, 0.3) is 0 Å². The smallest absolute Gasteiger partial charge is 0.329 e. The van der Waals surface area contributed by atoms with E-state index in [4.69, 9.17) is 9.47 Å². The lowest BCUT2D eigenvalue weighted by Crippen LogP contribution is -2.50. The molecule has 31 heavy (non-hydrogen) atoms. The van der Waals surface area contributed by atoms with Crippen LogP contribution in [0.4, 0.5) is 0 Å². The number of esters is 1. The Labute approximate surface area is 180 Å². The van der Waals surface area contributed by atoms with Gasteiger partial charge in [0.05, 0.1) is 13.2 Å². The van der Waals surface area contributed by atoms with E-state index in [2.05, 4.69) is 5.32 Å². The maximum atomic E-state index is 12.0. The molecule has 0 aliphatic carbocycles. The lowest BCUT2D eigenvalue weighted by Gasteiger charge is -2.20.